The van der Waals surface area contributed by atoms with Crippen molar-refractivity contribution < 1.29 is 0 Å². The van der Waals surface area contributed by atoms with E-state index in [4.69, 9.17) is 0 Å². The number of allylic oxidation sites excluding steroid dienone is 12. The second kappa shape index (κ2) is 11.2. The molecule has 14 heavy (non-hydrogen) atoms. The lowest BCUT2D eigenvalue weighted by Crippen LogP contribution is -1.51. The second-order valence-electron chi connectivity index (χ2n) is 2.40. The van der Waals surface area contributed by atoms with Crippen molar-refractivity contribution in [3.8, 4) is 0 Å². The minimum Gasteiger partial charge on any atom is -0.0991 e. The largest absolute Gasteiger partial charge is 0.0991 e. The fourth-order valence-electron chi connectivity index (χ4n) is 0.670. The van der Waals surface area contributed by atoms with Gasteiger partial charge in [0.25, 0.3) is 0 Å². The van der Waals surface area contributed by atoms with Gasteiger partial charge in [-0.15, -0.1) is 0 Å². The zero-order chi connectivity index (χ0) is 10.5. The van der Waals surface area contributed by atoms with Crippen molar-refractivity contribution in [3.05, 3.63) is 86.1 Å². The van der Waals surface area contributed by atoms with Gasteiger partial charge >= 0.3 is 0 Å². The third-order valence-electron chi connectivity index (χ3n) is 1.27. The average molecular weight is 184 g/mol. The van der Waals surface area contributed by atoms with Crippen LogP contribution < -0.4 is 0 Å². The van der Waals surface area contributed by atoms with Gasteiger partial charge in [-0.05, 0) is 0 Å². The summed E-state index contributed by atoms with van der Waals surface area (Å²) in [4.78, 5) is 0. The zero-order valence-electron chi connectivity index (χ0n) is 8.34. The third-order valence-corrected chi connectivity index (χ3v) is 1.27. The molecule has 0 aliphatic heterocycles. The summed E-state index contributed by atoms with van der Waals surface area (Å²) in [5.41, 5.74) is 0. The van der Waals surface area contributed by atoms with Crippen molar-refractivity contribution in [1.82, 2.24) is 0 Å². The standard InChI is InChI=1S/C14H16/c1-3-5-7-9-11-13-14-12-10-8-6-4-2/h3-14H,1-2H2. The number of hydrogen-bond acceptors (Lipinski definition) is 0. The van der Waals surface area contributed by atoms with Crippen molar-refractivity contribution in [1.29, 1.82) is 0 Å². The quantitative estimate of drug-likeness (QED) is 0.544. The molecule has 0 heterocycles. The van der Waals surface area contributed by atoms with Crippen LogP contribution in [-0.4, -0.2) is 0 Å². The van der Waals surface area contributed by atoms with E-state index in [1.54, 1.807) is 12.2 Å². The van der Waals surface area contributed by atoms with Crippen molar-refractivity contribution in [2.45, 2.75) is 0 Å². The molecule has 0 bridgehead atoms. The van der Waals surface area contributed by atoms with Gasteiger partial charge in [0.2, 0.25) is 0 Å². The minimum absolute atomic E-state index is 1.74. The molecule has 0 atom stereocenters. The molecule has 0 nitrogen and oxygen atoms in total. The van der Waals surface area contributed by atoms with Crippen LogP contribution in [-0.2, 0) is 0 Å². The first kappa shape index (κ1) is 12.2. The van der Waals surface area contributed by atoms with E-state index < -0.39 is 0 Å². The van der Waals surface area contributed by atoms with Crippen LogP contribution in [0.5, 0.6) is 0 Å². The Kier molecular flexibility index (Phi) is 9.73. The first-order valence-electron chi connectivity index (χ1n) is 4.48. The first-order valence-corrected chi connectivity index (χ1v) is 4.48. The fraction of sp³-hybridized carbons (Fsp3) is 0. The van der Waals surface area contributed by atoms with E-state index in [9.17, 15) is 0 Å². The van der Waals surface area contributed by atoms with Crippen LogP contribution >= 0.6 is 0 Å². The van der Waals surface area contributed by atoms with E-state index in [2.05, 4.69) is 13.2 Å². The maximum Gasteiger partial charge on any atom is -0.0623 e. The van der Waals surface area contributed by atoms with Gasteiger partial charge in [-0.3, -0.25) is 0 Å². The molecule has 0 radical (unpaired) electrons. The molecule has 0 aliphatic carbocycles. The molecule has 0 rings (SSSR count). The van der Waals surface area contributed by atoms with Crippen molar-refractivity contribution in [2.75, 3.05) is 0 Å². The van der Waals surface area contributed by atoms with Gasteiger partial charge in [-0.2, -0.15) is 0 Å². The van der Waals surface area contributed by atoms with Crippen LogP contribution in [0.2, 0.25) is 0 Å². The van der Waals surface area contributed by atoms with Crippen molar-refractivity contribution in [3.63, 3.8) is 0 Å². The van der Waals surface area contributed by atoms with Crippen LogP contribution in [0, 0.1) is 0 Å². The monoisotopic (exact) mass is 184 g/mol. The van der Waals surface area contributed by atoms with Gasteiger partial charge in [-0.25, -0.2) is 0 Å². The summed E-state index contributed by atoms with van der Waals surface area (Å²) in [6.07, 6.45) is 22.9. The summed E-state index contributed by atoms with van der Waals surface area (Å²) < 4.78 is 0. The number of rotatable bonds is 6. The van der Waals surface area contributed by atoms with Crippen molar-refractivity contribution >= 4 is 0 Å². The Hall–Kier alpha value is -1.82. The van der Waals surface area contributed by atoms with Crippen LogP contribution in [0.3, 0.4) is 0 Å². The lowest BCUT2D eigenvalue weighted by Gasteiger charge is -1.73. The fourth-order valence-corrected chi connectivity index (χ4v) is 0.670. The highest BCUT2D eigenvalue weighted by atomic mass is 13.7. The highest BCUT2D eigenvalue weighted by Gasteiger charge is 1.62. The van der Waals surface area contributed by atoms with E-state index in [1.165, 1.54) is 0 Å². The first-order chi connectivity index (χ1) is 6.91. The molecule has 0 N–H and O–H groups in total. The Labute approximate surface area is 86.7 Å². The lowest BCUT2D eigenvalue weighted by atomic mass is 10.3. The lowest BCUT2D eigenvalue weighted by molar-refractivity contribution is 1.84. The van der Waals surface area contributed by atoms with Gasteiger partial charge in [0.05, 0.1) is 0 Å². The second-order valence-corrected chi connectivity index (χ2v) is 2.40. The minimum atomic E-state index is 1.74. The van der Waals surface area contributed by atoms with Crippen LogP contribution in [0.1, 0.15) is 0 Å². The smallest absolute Gasteiger partial charge is 0.0623 e. The molecule has 0 amide bonds. The predicted molar refractivity (Wildman–Crippen MR) is 66.1 cm³/mol. The van der Waals surface area contributed by atoms with E-state index in [0.29, 0.717) is 0 Å². The Morgan fingerprint density at radius 2 is 0.571 bits per heavy atom. The molecule has 0 spiro atoms. The molecule has 0 fully saturated rings. The Morgan fingerprint density at radius 1 is 0.357 bits per heavy atom. The topological polar surface area (TPSA) is 0 Å². The van der Waals surface area contributed by atoms with E-state index in [-0.39, 0.29) is 0 Å². The maximum atomic E-state index is 3.57. The summed E-state index contributed by atoms with van der Waals surface area (Å²) in [7, 11) is 0. The highest BCUT2D eigenvalue weighted by molar-refractivity contribution is 5.19. The SMILES string of the molecule is C=CC=CC=CC=CC=CC=CC=C. The Morgan fingerprint density at radius 3 is 0.786 bits per heavy atom. The zero-order valence-corrected chi connectivity index (χ0v) is 8.34. The van der Waals surface area contributed by atoms with Crippen LogP contribution in [0.4, 0.5) is 0 Å². The molecule has 0 heteroatoms. The van der Waals surface area contributed by atoms with Gasteiger partial charge in [0, 0.05) is 0 Å². The molecule has 0 unspecified atom stereocenters. The van der Waals surface area contributed by atoms with E-state index in [0.717, 1.165) is 0 Å². The Balaban J connectivity index is 3.72. The molecular formula is C14H16. The summed E-state index contributed by atoms with van der Waals surface area (Å²) in [5.74, 6) is 0. The van der Waals surface area contributed by atoms with Crippen molar-refractivity contribution in [2.24, 2.45) is 0 Å². The molecule has 0 aromatic rings. The van der Waals surface area contributed by atoms with Gasteiger partial charge < -0.3 is 0 Å². The molecule has 0 aromatic heterocycles. The highest BCUT2D eigenvalue weighted by Crippen LogP contribution is 1.83. The maximum absolute atomic E-state index is 3.57. The normalized spacial score (nSPS) is 12.9. The van der Waals surface area contributed by atoms with E-state index >= 15 is 0 Å². The van der Waals surface area contributed by atoms with Gasteiger partial charge in [-0.1, -0.05) is 86.1 Å². The molecule has 0 saturated carbocycles. The summed E-state index contributed by atoms with van der Waals surface area (Å²) >= 11 is 0. The molecule has 0 aliphatic rings. The molecule has 0 saturated heterocycles. The predicted octanol–water partition coefficient (Wildman–Crippen LogP) is 4.14. The van der Waals surface area contributed by atoms with Gasteiger partial charge in [0.15, 0.2) is 0 Å². The van der Waals surface area contributed by atoms with E-state index in [1.807, 2.05) is 60.8 Å². The van der Waals surface area contributed by atoms with Gasteiger partial charge in [0.1, 0.15) is 0 Å². The average Bonchev–Trinajstić information content (AvgIpc) is 2.21. The third kappa shape index (κ3) is 10.2. The molecule has 0 aromatic carbocycles. The molecular weight excluding hydrogens is 168 g/mol. The number of hydrogen-bond donors (Lipinski definition) is 0. The molecule has 72 valence electrons. The summed E-state index contributed by atoms with van der Waals surface area (Å²) in [6, 6.07) is 0. The summed E-state index contributed by atoms with van der Waals surface area (Å²) in [6.45, 7) is 7.14. The van der Waals surface area contributed by atoms with Crippen LogP contribution in [0.15, 0.2) is 86.1 Å². The Bertz CT molecular complexity index is 253. The summed E-state index contributed by atoms with van der Waals surface area (Å²) in [5, 5.41) is 0. The van der Waals surface area contributed by atoms with Crippen LogP contribution in [0.25, 0.3) is 0 Å².